The van der Waals surface area contributed by atoms with Crippen molar-refractivity contribution in [3.8, 4) is 0 Å². The molecule has 1 aliphatic carbocycles. The highest BCUT2D eigenvalue weighted by Gasteiger charge is 2.18. The molecule has 1 unspecified atom stereocenters. The molecule has 1 aromatic carbocycles. The second-order valence-electron chi connectivity index (χ2n) is 5.58. The first kappa shape index (κ1) is 13.5. The predicted molar refractivity (Wildman–Crippen MR) is 71.9 cm³/mol. The first-order valence-corrected chi connectivity index (χ1v) is 7.11. The molecule has 1 fully saturated rings. The molecule has 1 aliphatic rings. The Morgan fingerprint density at radius 1 is 1.28 bits per heavy atom. The van der Waals surface area contributed by atoms with E-state index >= 15 is 0 Å². The Balaban J connectivity index is 1.90. The summed E-state index contributed by atoms with van der Waals surface area (Å²) in [5.74, 6) is 0.495. The third-order valence-electron chi connectivity index (χ3n) is 4.15. The van der Waals surface area contributed by atoms with Gasteiger partial charge in [0.05, 0.1) is 6.10 Å². The average Bonchev–Trinajstić information content (AvgIpc) is 2.40. The van der Waals surface area contributed by atoms with Crippen molar-refractivity contribution in [2.24, 2.45) is 5.92 Å². The number of aryl methyl sites for hydroxylation is 1. The summed E-state index contributed by atoms with van der Waals surface area (Å²) in [6.45, 7) is 1.74. The van der Waals surface area contributed by atoms with E-state index in [0.29, 0.717) is 17.5 Å². The number of hydrogen-bond acceptors (Lipinski definition) is 1. The first-order valence-electron chi connectivity index (χ1n) is 7.11. The van der Waals surface area contributed by atoms with E-state index < -0.39 is 6.10 Å². The number of aliphatic hydroxyl groups is 1. The molecule has 1 saturated carbocycles. The number of benzene rings is 1. The van der Waals surface area contributed by atoms with Crippen LogP contribution in [0.25, 0.3) is 0 Å². The zero-order valence-corrected chi connectivity index (χ0v) is 11.2. The maximum atomic E-state index is 13.9. The molecule has 2 rings (SSSR count). The lowest BCUT2D eigenvalue weighted by molar-refractivity contribution is 0.147. The standard InChI is InChI=1S/C16H23FO/c1-12-6-5-9-14(16(12)17)15(18)11-10-13-7-3-2-4-8-13/h5-6,9,13,15,18H,2-4,7-8,10-11H2,1H3. The van der Waals surface area contributed by atoms with Gasteiger partial charge in [0.15, 0.2) is 0 Å². The van der Waals surface area contributed by atoms with Gasteiger partial charge >= 0.3 is 0 Å². The Morgan fingerprint density at radius 3 is 2.72 bits per heavy atom. The van der Waals surface area contributed by atoms with E-state index in [1.165, 1.54) is 32.1 Å². The van der Waals surface area contributed by atoms with Crippen LogP contribution in [-0.4, -0.2) is 5.11 Å². The van der Waals surface area contributed by atoms with Crippen molar-refractivity contribution in [1.29, 1.82) is 0 Å². The third kappa shape index (κ3) is 3.32. The van der Waals surface area contributed by atoms with Crippen LogP contribution in [0.1, 0.15) is 62.2 Å². The van der Waals surface area contributed by atoms with Gasteiger partial charge in [-0.15, -0.1) is 0 Å². The zero-order valence-electron chi connectivity index (χ0n) is 11.2. The molecule has 0 spiro atoms. The minimum absolute atomic E-state index is 0.242. The van der Waals surface area contributed by atoms with Crippen LogP contribution in [0, 0.1) is 18.7 Å². The first-order chi connectivity index (χ1) is 8.68. The maximum absolute atomic E-state index is 13.9. The highest BCUT2D eigenvalue weighted by molar-refractivity contribution is 5.26. The van der Waals surface area contributed by atoms with Crippen LogP contribution >= 0.6 is 0 Å². The number of rotatable bonds is 4. The quantitative estimate of drug-likeness (QED) is 0.832. The van der Waals surface area contributed by atoms with Gasteiger partial charge in [-0.2, -0.15) is 0 Å². The summed E-state index contributed by atoms with van der Waals surface area (Å²) in [5.41, 5.74) is 1.08. The molecule has 1 aromatic rings. The lowest BCUT2D eigenvalue weighted by Crippen LogP contribution is -2.09. The van der Waals surface area contributed by atoms with Gasteiger partial charge in [0.1, 0.15) is 5.82 Å². The summed E-state index contributed by atoms with van der Waals surface area (Å²) in [4.78, 5) is 0. The summed E-state index contributed by atoms with van der Waals surface area (Å²) in [7, 11) is 0. The summed E-state index contributed by atoms with van der Waals surface area (Å²) >= 11 is 0. The molecule has 0 radical (unpaired) electrons. The lowest BCUT2D eigenvalue weighted by atomic mass is 9.85. The smallest absolute Gasteiger partial charge is 0.131 e. The van der Waals surface area contributed by atoms with Crippen LogP contribution in [0.4, 0.5) is 4.39 Å². The van der Waals surface area contributed by atoms with E-state index in [0.717, 1.165) is 12.3 Å². The van der Waals surface area contributed by atoms with Gasteiger partial charge in [-0.05, 0) is 31.2 Å². The van der Waals surface area contributed by atoms with E-state index in [9.17, 15) is 9.50 Å². The van der Waals surface area contributed by atoms with Crippen LogP contribution in [0.5, 0.6) is 0 Å². The number of hydrogen-bond donors (Lipinski definition) is 1. The van der Waals surface area contributed by atoms with Crippen molar-refractivity contribution >= 4 is 0 Å². The molecule has 100 valence electrons. The molecule has 18 heavy (non-hydrogen) atoms. The summed E-state index contributed by atoms with van der Waals surface area (Å²) in [6.07, 6.45) is 7.61. The van der Waals surface area contributed by atoms with E-state index in [2.05, 4.69) is 0 Å². The zero-order chi connectivity index (χ0) is 13.0. The van der Waals surface area contributed by atoms with Crippen LogP contribution < -0.4 is 0 Å². The van der Waals surface area contributed by atoms with Gasteiger partial charge in [-0.25, -0.2) is 4.39 Å². The molecule has 0 bridgehead atoms. The van der Waals surface area contributed by atoms with Gasteiger partial charge in [0.2, 0.25) is 0 Å². The van der Waals surface area contributed by atoms with Crippen LogP contribution in [0.2, 0.25) is 0 Å². The summed E-state index contributed by atoms with van der Waals surface area (Å²) < 4.78 is 13.9. The van der Waals surface area contributed by atoms with Crippen molar-refractivity contribution in [1.82, 2.24) is 0 Å². The van der Waals surface area contributed by atoms with Gasteiger partial charge in [0.25, 0.3) is 0 Å². The van der Waals surface area contributed by atoms with Gasteiger partial charge < -0.3 is 5.11 Å². The van der Waals surface area contributed by atoms with Crippen LogP contribution in [-0.2, 0) is 0 Å². The normalized spacial score (nSPS) is 18.8. The van der Waals surface area contributed by atoms with E-state index in [1.807, 2.05) is 6.07 Å². The molecule has 0 aliphatic heterocycles. The SMILES string of the molecule is Cc1cccc(C(O)CCC2CCCCC2)c1F. The molecule has 0 aromatic heterocycles. The fourth-order valence-corrected chi connectivity index (χ4v) is 2.95. The van der Waals surface area contributed by atoms with Gasteiger partial charge in [-0.3, -0.25) is 0 Å². The molecule has 0 amide bonds. The molecular formula is C16H23FO. The largest absolute Gasteiger partial charge is 0.388 e. The van der Waals surface area contributed by atoms with Gasteiger partial charge in [0, 0.05) is 5.56 Å². The Kier molecular flexibility index (Phi) is 4.76. The fourth-order valence-electron chi connectivity index (χ4n) is 2.95. The van der Waals surface area contributed by atoms with E-state index in [-0.39, 0.29) is 5.82 Å². The average molecular weight is 250 g/mol. The summed E-state index contributed by atoms with van der Waals surface area (Å²) in [6, 6.07) is 5.26. The minimum atomic E-state index is -0.646. The second-order valence-corrected chi connectivity index (χ2v) is 5.58. The summed E-state index contributed by atoms with van der Waals surface area (Å²) in [5, 5.41) is 10.1. The molecule has 1 nitrogen and oxygen atoms in total. The highest BCUT2D eigenvalue weighted by Crippen LogP contribution is 2.31. The Bertz CT molecular complexity index is 383. The van der Waals surface area contributed by atoms with E-state index in [4.69, 9.17) is 0 Å². The van der Waals surface area contributed by atoms with E-state index in [1.54, 1.807) is 19.1 Å². The highest BCUT2D eigenvalue weighted by atomic mass is 19.1. The minimum Gasteiger partial charge on any atom is -0.388 e. The van der Waals surface area contributed by atoms with Gasteiger partial charge in [-0.1, -0.05) is 50.3 Å². The maximum Gasteiger partial charge on any atom is 0.131 e. The molecule has 2 heteroatoms. The monoisotopic (exact) mass is 250 g/mol. The Hall–Kier alpha value is -0.890. The molecule has 1 atom stereocenters. The molecule has 0 saturated heterocycles. The fraction of sp³-hybridized carbons (Fsp3) is 0.625. The number of halogens is 1. The Labute approximate surface area is 109 Å². The van der Waals surface area contributed by atoms with Crippen molar-refractivity contribution in [2.75, 3.05) is 0 Å². The Morgan fingerprint density at radius 2 is 2.00 bits per heavy atom. The molecule has 0 heterocycles. The van der Waals surface area contributed by atoms with Crippen LogP contribution in [0.3, 0.4) is 0 Å². The van der Waals surface area contributed by atoms with Crippen LogP contribution in [0.15, 0.2) is 18.2 Å². The topological polar surface area (TPSA) is 20.2 Å². The van der Waals surface area contributed by atoms with Crippen molar-refractivity contribution < 1.29 is 9.50 Å². The predicted octanol–water partition coefficient (Wildman–Crippen LogP) is 4.53. The molecule has 1 N–H and O–H groups in total. The van der Waals surface area contributed by atoms with Crippen molar-refractivity contribution in [3.05, 3.63) is 35.1 Å². The second kappa shape index (κ2) is 6.33. The van der Waals surface area contributed by atoms with Crippen molar-refractivity contribution in [2.45, 2.75) is 58.0 Å². The lowest BCUT2D eigenvalue weighted by Gasteiger charge is -2.23. The third-order valence-corrected chi connectivity index (χ3v) is 4.15. The number of aliphatic hydroxyl groups excluding tert-OH is 1. The van der Waals surface area contributed by atoms with Crippen molar-refractivity contribution in [3.63, 3.8) is 0 Å². The molecular weight excluding hydrogens is 227 g/mol.